The van der Waals surface area contributed by atoms with Crippen molar-refractivity contribution in [3.8, 4) is 0 Å². The number of allylic oxidation sites excluding steroid dienone is 2. The molecule has 4 atom stereocenters. The summed E-state index contributed by atoms with van der Waals surface area (Å²) in [6, 6.07) is 0. The second kappa shape index (κ2) is 15.6. The van der Waals surface area contributed by atoms with Crippen LogP contribution in [0.25, 0.3) is 0 Å². The van der Waals surface area contributed by atoms with E-state index in [1.54, 1.807) is 0 Å². The van der Waals surface area contributed by atoms with E-state index in [9.17, 15) is 15.3 Å². The summed E-state index contributed by atoms with van der Waals surface area (Å²) < 4.78 is 10.6. The van der Waals surface area contributed by atoms with Gasteiger partial charge in [0, 0.05) is 6.61 Å². The average Bonchev–Trinajstić information content (AvgIpc) is 2.97. The van der Waals surface area contributed by atoms with Crippen LogP contribution in [0.1, 0.15) is 77.6 Å². The summed E-state index contributed by atoms with van der Waals surface area (Å²) in [5, 5.41) is 29.0. The zero-order valence-corrected chi connectivity index (χ0v) is 16.5. The van der Waals surface area contributed by atoms with Gasteiger partial charge in [0.05, 0.1) is 13.2 Å². The Bertz CT molecular complexity index is 347. The van der Waals surface area contributed by atoms with Crippen LogP contribution in [0.5, 0.6) is 0 Å². The van der Waals surface area contributed by atoms with E-state index in [-0.39, 0.29) is 13.2 Å². The predicted octanol–water partition coefficient (Wildman–Crippen LogP) is 3.35. The van der Waals surface area contributed by atoms with Crippen molar-refractivity contribution in [3.63, 3.8) is 0 Å². The van der Waals surface area contributed by atoms with Gasteiger partial charge in [-0.3, -0.25) is 0 Å². The molecule has 0 radical (unpaired) electrons. The third-order valence-corrected chi connectivity index (χ3v) is 4.91. The van der Waals surface area contributed by atoms with Crippen molar-refractivity contribution in [1.29, 1.82) is 0 Å². The molecule has 0 aromatic rings. The maximum atomic E-state index is 9.91. The maximum Gasteiger partial charge on any atom is 0.114 e. The molecule has 1 rings (SSSR count). The Hall–Kier alpha value is -0.460. The van der Waals surface area contributed by atoms with Gasteiger partial charge in [-0.1, -0.05) is 57.6 Å². The van der Waals surface area contributed by atoms with Gasteiger partial charge in [0.25, 0.3) is 0 Å². The van der Waals surface area contributed by atoms with Crippen LogP contribution in [0.2, 0.25) is 0 Å². The second-order valence-corrected chi connectivity index (χ2v) is 7.38. The molecule has 1 aliphatic heterocycles. The van der Waals surface area contributed by atoms with Crippen LogP contribution in [-0.2, 0) is 9.47 Å². The summed E-state index contributed by atoms with van der Waals surface area (Å²) in [5.74, 6) is 0. The lowest BCUT2D eigenvalue weighted by atomic mass is 10.1. The molecule has 0 spiro atoms. The molecule has 0 unspecified atom stereocenters. The van der Waals surface area contributed by atoms with Gasteiger partial charge in [-0.25, -0.2) is 0 Å². The Morgan fingerprint density at radius 2 is 1.58 bits per heavy atom. The molecular weight excluding hydrogens is 332 g/mol. The zero-order chi connectivity index (χ0) is 19.0. The van der Waals surface area contributed by atoms with Gasteiger partial charge in [-0.2, -0.15) is 0 Å². The van der Waals surface area contributed by atoms with E-state index in [0.29, 0.717) is 6.61 Å². The van der Waals surface area contributed by atoms with Crippen LogP contribution in [0.15, 0.2) is 12.2 Å². The minimum absolute atomic E-state index is 0.0636. The van der Waals surface area contributed by atoms with Gasteiger partial charge in [-0.15, -0.1) is 0 Å². The SMILES string of the molecule is CCCCCCCCC/C=C/CCCCOC[C@@H](O)[C@@H]1OC[C@H](O)[C@@H]1O. The molecule has 0 saturated carbocycles. The fourth-order valence-electron chi connectivity index (χ4n) is 3.18. The van der Waals surface area contributed by atoms with Crippen LogP contribution >= 0.6 is 0 Å². The first-order valence-electron chi connectivity index (χ1n) is 10.5. The van der Waals surface area contributed by atoms with Crippen molar-refractivity contribution in [3.05, 3.63) is 12.2 Å². The first-order valence-corrected chi connectivity index (χ1v) is 10.5. The number of hydrogen-bond donors (Lipinski definition) is 3. The van der Waals surface area contributed by atoms with Crippen LogP contribution in [0.4, 0.5) is 0 Å². The molecule has 0 aliphatic carbocycles. The van der Waals surface area contributed by atoms with Crippen LogP contribution in [-0.4, -0.2) is 59.6 Å². The van der Waals surface area contributed by atoms with Gasteiger partial charge in [0.2, 0.25) is 0 Å². The molecule has 154 valence electrons. The summed E-state index contributed by atoms with van der Waals surface area (Å²) in [7, 11) is 0. The summed E-state index contributed by atoms with van der Waals surface area (Å²) >= 11 is 0. The summed E-state index contributed by atoms with van der Waals surface area (Å²) in [6.07, 6.45) is 14.7. The molecule has 0 aromatic heterocycles. The minimum Gasteiger partial charge on any atom is -0.388 e. The molecule has 5 heteroatoms. The average molecular weight is 373 g/mol. The molecule has 1 aliphatic rings. The van der Waals surface area contributed by atoms with E-state index in [1.807, 2.05) is 0 Å². The number of ether oxygens (including phenoxy) is 2. The Morgan fingerprint density at radius 3 is 2.19 bits per heavy atom. The number of hydrogen-bond acceptors (Lipinski definition) is 5. The van der Waals surface area contributed by atoms with Crippen LogP contribution in [0, 0.1) is 0 Å². The van der Waals surface area contributed by atoms with E-state index in [2.05, 4.69) is 19.1 Å². The highest BCUT2D eigenvalue weighted by molar-refractivity contribution is 4.87. The number of aliphatic hydroxyl groups is 3. The summed E-state index contributed by atoms with van der Waals surface area (Å²) in [6.45, 7) is 3.04. The lowest BCUT2D eigenvalue weighted by molar-refractivity contribution is -0.0813. The topological polar surface area (TPSA) is 79.2 Å². The molecule has 1 saturated heterocycles. The minimum atomic E-state index is -1.03. The van der Waals surface area contributed by atoms with E-state index in [4.69, 9.17) is 9.47 Å². The highest BCUT2D eigenvalue weighted by Gasteiger charge is 2.39. The van der Waals surface area contributed by atoms with Crippen LogP contribution < -0.4 is 0 Å². The summed E-state index contributed by atoms with van der Waals surface area (Å²) in [5.41, 5.74) is 0. The number of rotatable bonds is 16. The second-order valence-electron chi connectivity index (χ2n) is 7.38. The normalized spacial score (nSPS) is 24.5. The smallest absolute Gasteiger partial charge is 0.114 e. The maximum absolute atomic E-state index is 9.91. The highest BCUT2D eigenvalue weighted by Crippen LogP contribution is 2.17. The Morgan fingerprint density at radius 1 is 0.962 bits per heavy atom. The molecule has 0 amide bonds. The largest absolute Gasteiger partial charge is 0.388 e. The van der Waals surface area contributed by atoms with Gasteiger partial charge in [0.15, 0.2) is 0 Å². The fourth-order valence-corrected chi connectivity index (χ4v) is 3.18. The Kier molecular flexibility index (Phi) is 14.1. The lowest BCUT2D eigenvalue weighted by Gasteiger charge is -2.20. The Balaban J connectivity index is 1.84. The monoisotopic (exact) mass is 372 g/mol. The summed E-state index contributed by atoms with van der Waals surface area (Å²) in [4.78, 5) is 0. The molecule has 0 bridgehead atoms. The van der Waals surface area contributed by atoms with Gasteiger partial charge < -0.3 is 24.8 Å². The molecule has 1 fully saturated rings. The van der Waals surface area contributed by atoms with E-state index >= 15 is 0 Å². The van der Waals surface area contributed by atoms with Crippen molar-refractivity contribution in [2.24, 2.45) is 0 Å². The van der Waals surface area contributed by atoms with E-state index in [1.165, 1.54) is 51.4 Å². The molecular formula is C21H40O5. The molecule has 3 N–H and O–H groups in total. The highest BCUT2D eigenvalue weighted by atomic mass is 16.5. The van der Waals surface area contributed by atoms with Crippen molar-refractivity contribution in [1.82, 2.24) is 0 Å². The first-order chi connectivity index (χ1) is 12.7. The lowest BCUT2D eigenvalue weighted by Crippen LogP contribution is -2.40. The quantitative estimate of drug-likeness (QED) is 0.286. The third kappa shape index (κ3) is 10.6. The molecule has 0 aromatic carbocycles. The van der Waals surface area contributed by atoms with E-state index < -0.39 is 24.4 Å². The standard InChI is InChI=1S/C21H40O5/c1-2-3-4-5-6-7-8-9-10-11-12-13-14-15-25-16-19(23)21-20(24)18(22)17-26-21/h10-11,18-24H,2-9,12-17H2,1H3/b11-10+/t18-,19+,20-,21-/m0/s1. The first kappa shape index (κ1) is 23.6. The molecule has 1 heterocycles. The van der Waals surface area contributed by atoms with Crippen LogP contribution in [0.3, 0.4) is 0 Å². The number of unbranched alkanes of at least 4 members (excludes halogenated alkanes) is 9. The van der Waals surface area contributed by atoms with Gasteiger partial charge >= 0.3 is 0 Å². The third-order valence-electron chi connectivity index (χ3n) is 4.91. The molecule has 26 heavy (non-hydrogen) atoms. The number of aliphatic hydroxyl groups excluding tert-OH is 3. The molecule has 5 nitrogen and oxygen atoms in total. The van der Waals surface area contributed by atoms with E-state index in [0.717, 1.165) is 19.3 Å². The Labute approximate surface area is 159 Å². The van der Waals surface area contributed by atoms with Gasteiger partial charge in [0.1, 0.15) is 24.4 Å². The van der Waals surface area contributed by atoms with Crippen molar-refractivity contribution in [2.75, 3.05) is 19.8 Å². The predicted molar refractivity (Wildman–Crippen MR) is 104 cm³/mol. The van der Waals surface area contributed by atoms with Crippen molar-refractivity contribution < 1.29 is 24.8 Å². The van der Waals surface area contributed by atoms with Gasteiger partial charge in [-0.05, 0) is 32.1 Å². The van der Waals surface area contributed by atoms with Crippen molar-refractivity contribution >= 4 is 0 Å². The van der Waals surface area contributed by atoms with Crippen molar-refractivity contribution in [2.45, 2.75) is 102 Å². The zero-order valence-electron chi connectivity index (χ0n) is 16.5. The fraction of sp³-hybridized carbons (Fsp3) is 0.905.